The van der Waals surface area contributed by atoms with Gasteiger partial charge in [-0.15, -0.1) is 0 Å². The van der Waals surface area contributed by atoms with Gasteiger partial charge >= 0.3 is 0 Å². The maximum Gasteiger partial charge on any atom is 0.262 e. The van der Waals surface area contributed by atoms with Crippen LogP contribution in [0.25, 0.3) is 0 Å². The average Bonchev–Trinajstić information content (AvgIpc) is 3.00. The Kier molecular flexibility index (Phi) is 14.0. The minimum Gasteiger partial charge on any atom is -0.495 e. The van der Waals surface area contributed by atoms with E-state index in [1.165, 1.54) is 7.11 Å². The summed E-state index contributed by atoms with van der Waals surface area (Å²) in [5.74, 6) is 0.310. The lowest BCUT2D eigenvalue weighted by Crippen LogP contribution is -2.19. The van der Waals surface area contributed by atoms with Gasteiger partial charge in [0.25, 0.3) is 10.0 Å². The first-order valence-electron chi connectivity index (χ1n) is 17.0. The number of sulfonamides is 2. The molecule has 0 aliphatic rings. The molecule has 0 aliphatic carbocycles. The van der Waals surface area contributed by atoms with Crippen molar-refractivity contribution in [3.63, 3.8) is 0 Å². The van der Waals surface area contributed by atoms with Crippen LogP contribution in [0.2, 0.25) is 0 Å². The van der Waals surface area contributed by atoms with Crippen molar-refractivity contribution >= 4 is 54.4 Å². The van der Waals surface area contributed by atoms with Crippen LogP contribution in [0.3, 0.4) is 0 Å². The van der Waals surface area contributed by atoms with Crippen LogP contribution in [0.4, 0.5) is 28.4 Å². The Labute approximate surface area is 293 Å². The molecule has 0 fully saturated rings. The normalized spacial score (nSPS) is 12.0. The average molecular weight is 715 g/mol. The van der Waals surface area contributed by atoms with Gasteiger partial charge < -0.3 is 15.4 Å². The molecule has 0 bridgehead atoms. The molecule has 270 valence electrons. The van der Waals surface area contributed by atoms with Gasteiger partial charge in [-0.25, -0.2) is 16.8 Å². The smallest absolute Gasteiger partial charge is 0.262 e. The highest BCUT2D eigenvalue weighted by Gasteiger charge is 2.27. The Hall–Kier alpha value is -3.77. The fourth-order valence-corrected chi connectivity index (χ4v) is 7.86. The van der Waals surface area contributed by atoms with Crippen LogP contribution in [0.15, 0.2) is 53.4 Å². The van der Waals surface area contributed by atoms with Gasteiger partial charge in [0.2, 0.25) is 15.9 Å². The number of anilines is 5. The Bertz CT molecular complexity index is 1790. The number of amides is 1. The zero-order valence-corrected chi connectivity index (χ0v) is 32.0. The summed E-state index contributed by atoms with van der Waals surface area (Å²) >= 11 is 0. The van der Waals surface area contributed by atoms with Crippen molar-refractivity contribution in [1.29, 1.82) is 0 Å². The summed E-state index contributed by atoms with van der Waals surface area (Å²) in [4.78, 5) is 13.4. The SMILES string of the molecule is CCCCCCCC(=O)Nc1cc(NS(=O)(=O)c2c(C(C)C)cc(C(C)C)cc2C(C)C)ccc1Nc1ccc(OC)c(NS(C)(=O)=O)c1. The number of nitrogens with one attached hydrogen (secondary N) is 4. The molecule has 3 aromatic carbocycles. The third kappa shape index (κ3) is 11.4. The number of benzene rings is 3. The highest BCUT2D eigenvalue weighted by Crippen LogP contribution is 2.38. The Morgan fingerprint density at radius 3 is 1.86 bits per heavy atom. The first-order valence-corrected chi connectivity index (χ1v) is 20.4. The van der Waals surface area contributed by atoms with Crippen LogP contribution in [0.5, 0.6) is 5.75 Å². The van der Waals surface area contributed by atoms with E-state index >= 15 is 0 Å². The van der Waals surface area contributed by atoms with E-state index in [0.29, 0.717) is 29.2 Å². The summed E-state index contributed by atoms with van der Waals surface area (Å²) in [6, 6.07) is 13.8. The Morgan fingerprint density at radius 1 is 0.714 bits per heavy atom. The van der Waals surface area contributed by atoms with Crippen molar-refractivity contribution in [2.24, 2.45) is 0 Å². The summed E-state index contributed by atoms with van der Waals surface area (Å²) in [5, 5.41) is 6.21. The topological polar surface area (TPSA) is 143 Å². The maximum absolute atomic E-state index is 14.2. The number of carbonyl (C=O) groups excluding carboxylic acids is 1. The van der Waals surface area contributed by atoms with Gasteiger partial charge in [-0.3, -0.25) is 14.2 Å². The highest BCUT2D eigenvalue weighted by atomic mass is 32.2. The summed E-state index contributed by atoms with van der Waals surface area (Å²) in [7, 11) is -6.19. The number of hydrogen-bond donors (Lipinski definition) is 4. The lowest BCUT2D eigenvalue weighted by atomic mass is 9.89. The van der Waals surface area contributed by atoms with E-state index in [2.05, 4.69) is 40.8 Å². The van der Waals surface area contributed by atoms with Crippen LogP contribution in [0, 0.1) is 0 Å². The van der Waals surface area contributed by atoms with E-state index in [1.807, 2.05) is 39.8 Å². The molecule has 10 nitrogen and oxygen atoms in total. The van der Waals surface area contributed by atoms with Gasteiger partial charge in [0, 0.05) is 12.1 Å². The molecule has 0 unspecified atom stereocenters. The molecule has 4 N–H and O–H groups in total. The number of carbonyl (C=O) groups is 1. The lowest BCUT2D eigenvalue weighted by Gasteiger charge is -2.23. The van der Waals surface area contributed by atoms with Crippen LogP contribution in [-0.2, 0) is 24.8 Å². The summed E-state index contributed by atoms with van der Waals surface area (Å²) in [5.41, 5.74) is 4.52. The van der Waals surface area contributed by atoms with Crippen molar-refractivity contribution in [2.75, 3.05) is 33.4 Å². The standard InChI is InChI=1S/C37H54N4O6S2/c1-10-11-12-13-14-15-36(42)39-33-23-29(16-18-32(33)38-28-17-19-35(47-8)34(22-28)41-48(9,43)44)40-49(45,46)37-30(25(4)5)20-27(24(2)3)21-31(37)26(6)7/h16-26,38,40-41H,10-15H2,1-9H3,(H,39,42). The zero-order valence-electron chi connectivity index (χ0n) is 30.4. The van der Waals surface area contributed by atoms with Crippen LogP contribution < -0.4 is 24.8 Å². The zero-order chi connectivity index (χ0) is 36.5. The van der Waals surface area contributed by atoms with E-state index in [0.717, 1.165) is 55.1 Å². The monoisotopic (exact) mass is 714 g/mol. The molecule has 0 atom stereocenters. The molecule has 0 aliphatic heterocycles. The largest absolute Gasteiger partial charge is 0.495 e. The first kappa shape index (κ1) is 39.7. The van der Waals surface area contributed by atoms with E-state index in [9.17, 15) is 21.6 Å². The molecule has 0 spiro atoms. The van der Waals surface area contributed by atoms with Gasteiger partial charge in [0.15, 0.2) is 0 Å². The Balaban J connectivity index is 2.05. The van der Waals surface area contributed by atoms with Crippen LogP contribution in [0.1, 0.15) is 121 Å². The van der Waals surface area contributed by atoms with Crippen molar-refractivity contribution in [2.45, 2.75) is 110 Å². The number of hydrogen-bond acceptors (Lipinski definition) is 7. The van der Waals surface area contributed by atoms with Gasteiger partial charge in [-0.2, -0.15) is 0 Å². The van der Waals surface area contributed by atoms with Gasteiger partial charge in [-0.1, -0.05) is 86.3 Å². The van der Waals surface area contributed by atoms with E-state index < -0.39 is 20.0 Å². The second-order valence-electron chi connectivity index (χ2n) is 13.5. The minimum atomic E-state index is -4.04. The quantitative estimate of drug-likeness (QED) is 0.0962. The van der Waals surface area contributed by atoms with E-state index in [1.54, 1.807) is 36.4 Å². The fourth-order valence-electron chi connectivity index (χ4n) is 5.55. The molecule has 3 aromatic rings. The molecule has 0 saturated heterocycles. The molecule has 0 radical (unpaired) electrons. The number of methoxy groups -OCH3 is 1. The predicted octanol–water partition coefficient (Wildman–Crippen LogP) is 9.28. The van der Waals surface area contributed by atoms with E-state index in [4.69, 9.17) is 4.74 Å². The number of rotatable bonds is 18. The van der Waals surface area contributed by atoms with Crippen molar-refractivity contribution in [3.05, 3.63) is 65.2 Å². The Morgan fingerprint density at radius 2 is 1.31 bits per heavy atom. The molecule has 1 amide bonds. The number of ether oxygens (including phenoxy) is 1. The van der Waals surface area contributed by atoms with Crippen LogP contribution >= 0.6 is 0 Å². The molecular weight excluding hydrogens is 661 g/mol. The fraction of sp³-hybridized carbons (Fsp3) is 0.486. The van der Waals surface area contributed by atoms with Crippen molar-refractivity contribution in [3.8, 4) is 5.75 Å². The van der Waals surface area contributed by atoms with Gasteiger partial charge in [0.05, 0.1) is 41.0 Å². The number of unbranched alkanes of at least 4 members (excludes halogenated alkanes) is 4. The van der Waals surface area contributed by atoms with Gasteiger partial charge in [-0.05, 0) is 77.3 Å². The summed E-state index contributed by atoms with van der Waals surface area (Å²) in [6.07, 6.45) is 6.34. The molecule has 49 heavy (non-hydrogen) atoms. The summed E-state index contributed by atoms with van der Waals surface area (Å²) < 4.78 is 62.9. The minimum absolute atomic E-state index is 0.0342. The van der Waals surface area contributed by atoms with Crippen molar-refractivity contribution < 1.29 is 26.4 Å². The lowest BCUT2D eigenvalue weighted by molar-refractivity contribution is -0.116. The second kappa shape index (κ2) is 17.2. The summed E-state index contributed by atoms with van der Waals surface area (Å²) in [6.45, 7) is 14.3. The molecule has 0 saturated carbocycles. The van der Waals surface area contributed by atoms with Crippen molar-refractivity contribution in [1.82, 2.24) is 0 Å². The third-order valence-electron chi connectivity index (χ3n) is 8.18. The molecule has 3 rings (SSSR count). The second-order valence-corrected chi connectivity index (χ2v) is 16.9. The maximum atomic E-state index is 14.2. The van der Waals surface area contributed by atoms with Crippen LogP contribution in [-0.4, -0.2) is 36.1 Å². The molecule has 0 aromatic heterocycles. The third-order valence-corrected chi connectivity index (χ3v) is 10.3. The van der Waals surface area contributed by atoms with Gasteiger partial charge in [0.1, 0.15) is 5.75 Å². The predicted molar refractivity (Wildman–Crippen MR) is 203 cm³/mol. The first-order chi connectivity index (χ1) is 22.9. The molecular formula is C37H54N4O6S2. The molecule has 12 heteroatoms. The highest BCUT2D eigenvalue weighted by molar-refractivity contribution is 7.93. The molecule has 0 heterocycles. The van der Waals surface area contributed by atoms with E-state index in [-0.39, 0.29) is 39.9 Å².